The number of aliphatic imine (C=N–C) groups is 1. The molecule has 138 valence electrons. The minimum Gasteiger partial charge on any atom is -0.372 e. The zero-order valence-electron chi connectivity index (χ0n) is 17.1. The second-order valence-electron chi connectivity index (χ2n) is 6.74. The Morgan fingerprint density at radius 1 is 1.28 bits per heavy atom. The Labute approximate surface area is 155 Å². The molecule has 0 fully saturated rings. The molecule has 0 radical (unpaired) electrons. The molecule has 0 aliphatic heterocycles. The molecular formula is C23H36N2. The predicted molar refractivity (Wildman–Crippen MR) is 114 cm³/mol. The molecule has 1 aromatic rings. The van der Waals surface area contributed by atoms with Crippen molar-refractivity contribution in [3.05, 3.63) is 47.6 Å². The van der Waals surface area contributed by atoms with Gasteiger partial charge in [0.2, 0.25) is 0 Å². The van der Waals surface area contributed by atoms with Gasteiger partial charge in [0.05, 0.1) is 5.69 Å². The summed E-state index contributed by atoms with van der Waals surface area (Å²) in [6.45, 7) is 19.5. The summed E-state index contributed by atoms with van der Waals surface area (Å²) in [6.07, 6.45) is 7.65. The van der Waals surface area contributed by atoms with Gasteiger partial charge in [-0.05, 0) is 74.4 Å². The number of nitrogens with zero attached hydrogens (tertiary/aromatic N) is 2. The lowest BCUT2D eigenvalue weighted by atomic mass is 9.93. The van der Waals surface area contributed by atoms with E-state index in [2.05, 4.69) is 77.3 Å². The minimum atomic E-state index is 0.518. The molecule has 25 heavy (non-hydrogen) atoms. The van der Waals surface area contributed by atoms with E-state index in [0.29, 0.717) is 5.92 Å². The third-order valence-corrected chi connectivity index (χ3v) is 4.89. The fraction of sp³-hybridized carbons (Fsp3) is 0.522. The maximum Gasteiger partial charge on any atom is 0.0660 e. The Morgan fingerprint density at radius 2 is 2.00 bits per heavy atom. The standard InChI is InChI=1S/C23H36N2/c1-8-12-15-25(11-4)21-13-14-23(19(6)16-21)24-17-20(7)22(10-3)18(5)9-2/h10,13-14,16-18H,7-9,11-12,15H2,1-6H3/b22-10+,24-17?. The lowest BCUT2D eigenvalue weighted by molar-refractivity contribution is 0.666. The van der Waals surface area contributed by atoms with Gasteiger partial charge >= 0.3 is 0 Å². The van der Waals surface area contributed by atoms with Crippen molar-refractivity contribution in [1.82, 2.24) is 0 Å². The molecule has 2 nitrogen and oxygen atoms in total. The minimum absolute atomic E-state index is 0.518. The fourth-order valence-corrected chi connectivity index (χ4v) is 3.03. The van der Waals surface area contributed by atoms with Crippen LogP contribution in [-0.4, -0.2) is 19.3 Å². The molecule has 0 saturated carbocycles. The van der Waals surface area contributed by atoms with Crippen LogP contribution in [0.25, 0.3) is 0 Å². The quantitative estimate of drug-likeness (QED) is 0.335. The van der Waals surface area contributed by atoms with Crippen molar-refractivity contribution in [3.8, 4) is 0 Å². The number of hydrogen-bond acceptors (Lipinski definition) is 2. The Kier molecular flexibility index (Phi) is 9.26. The number of unbranched alkanes of at least 4 members (excludes halogenated alkanes) is 1. The van der Waals surface area contributed by atoms with Crippen molar-refractivity contribution in [2.45, 2.75) is 60.8 Å². The monoisotopic (exact) mass is 340 g/mol. The van der Waals surface area contributed by atoms with E-state index in [-0.39, 0.29) is 0 Å². The summed E-state index contributed by atoms with van der Waals surface area (Å²) in [7, 11) is 0. The van der Waals surface area contributed by atoms with Crippen molar-refractivity contribution in [1.29, 1.82) is 0 Å². The first-order valence-corrected chi connectivity index (χ1v) is 9.73. The third kappa shape index (κ3) is 6.19. The Morgan fingerprint density at radius 3 is 2.52 bits per heavy atom. The normalized spacial score (nSPS) is 13.3. The van der Waals surface area contributed by atoms with Gasteiger partial charge in [-0.2, -0.15) is 0 Å². The average molecular weight is 341 g/mol. The van der Waals surface area contributed by atoms with Gasteiger partial charge in [0.15, 0.2) is 0 Å². The summed E-state index contributed by atoms with van der Waals surface area (Å²) in [6, 6.07) is 6.56. The summed E-state index contributed by atoms with van der Waals surface area (Å²) in [5.74, 6) is 0.518. The van der Waals surface area contributed by atoms with Gasteiger partial charge < -0.3 is 4.90 Å². The lowest BCUT2D eigenvalue weighted by Gasteiger charge is -2.23. The third-order valence-electron chi connectivity index (χ3n) is 4.89. The highest BCUT2D eigenvalue weighted by Gasteiger charge is 2.09. The fourth-order valence-electron chi connectivity index (χ4n) is 3.03. The molecule has 0 aliphatic rings. The van der Waals surface area contributed by atoms with E-state index in [9.17, 15) is 0 Å². The van der Waals surface area contributed by atoms with Crippen molar-refractivity contribution in [2.75, 3.05) is 18.0 Å². The van der Waals surface area contributed by atoms with E-state index in [1.54, 1.807) is 0 Å². The first-order chi connectivity index (χ1) is 12.0. The number of allylic oxidation sites excluding steroid dienone is 3. The molecule has 0 amide bonds. The van der Waals surface area contributed by atoms with Crippen LogP contribution >= 0.6 is 0 Å². The largest absolute Gasteiger partial charge is 0.372 e. The SMILES string of the molecule is C=C(C=Nc1ccc(N(CC)CCCC)cc1C)/C(=C/C)C(C)CC. The van der Waals surface area contributed by atoms with Crippen LogP contribution in [0.1, 0.15) is 59.4 Å². The van der Waals surface area contributed by atoms with E-state index in [1.807, 2.05) is 6.21 Å². The van der Waals surface area contributed by atoms with E-state index in [0.717, 1.165) is 30.8 Å². The maximum absolute atomic E-state index is 4.70. The van der Waals surface area contributed by atoms with E-state index < -0.39 is 0 Å². The molecule has 0 aliphatic carbocycles. The Balaban J connectivity index is 2.92. The summed E-state index contributed by atoms with van der Waals surface area (Å²) < 4.78 is 0. The summed E-state index contributed by atoms with van der Waals surface area (Å²) in [5.41, 5.74) is 5.83. The molecular weight excluding hydrogens is 304 g/mol. The highest BCUT2D eigenvalue weighted by Crippen LogP contribution is 2.26. The molecule has 0 bridgehead atoms. The van der Waals surface area contributed by atoms with Gasteiger partial charge in [0.1, 0.15) is 0 Å². The molecule has 2 heteroatoms. The van der Waals surface area contributed by atoms with Crippen LogP contribution in [0.3, 0.4) is 0 Å². The maximum atomic E-state index is 4.70. The molecule has 0 heterocycles. The zero-order valence-corrected chi connectivity index (χ0v) is 17.1. The van der Waals surface area contributed by atoms with Crippen molar-refractivity contribution in [3.63, 3.8) is 0 Å². The van der Waals surface area contributed by atoms with E-state index >= 15 is 0 Å². The first kappa shape index (κ1) is 21.2. The number of benzene rings is 1. The summed E-state index contributed by atoms with van der Waals surface area (Å²) >= 11 is 0. The van der Waals surface area contributed by atoms with Crippen LogP contribution in [-0.2, 0) is 0 Å². The summed E-state index contributed by atoms with van der Waals surface area (Å²) in [4.78, 5) is 7.13. The van der Waals surface area contributed by atoms with Crippen LogP contribution < -0.4 is 4.90 Å². The molecule has 0 saturated heterocycles. The van der Waals surface area contributed by atoms with Crippen LogP contribution in [0, 0.1) is 12.8 Å². The second kappa shape index (κ2) is 10.9. The number of anilines is 1. The van der Waals surface area contributed by atoms with Gasteiger partial charge in [0.25, 0.3) is 0 Å². The van der Waals surface area contributed by atoms with Crippen molar-refractivity contribution in [2.24, 2.45) is 10.9 Å². The van der Waals surface area contributed by atoms with Crippen molar-refractivity contribution < 1.29 is 0 Å². The molecule has 0 N–H and O–H groups in total. The summed E-state index contributed by atoms with van der Waals surface area (Å²) in [5, 5.41) is 0. The molecule has 1 atom stereocenters. The van der Waals surface area contributed by atoms with Crippen LogP contribution in [0.5, 0.6) is 0 Å². The molecule has 0 aromatic heterocycles. The zero-order chi connectivity index (χ0) is 18.8. The number of rotatable bonds is 10. The number of hydrogen-bond donors (Lipinski definition) is 0. The second-order valence-corrected chi connectivity index (χ2v) is 6.74. The van der Waals surface area contributed by atoms with Gasteiger partial charge in [0, 0.05) is 25.0 Å². The van der Waals surface area contributed by atoms with Gasteiger partial charge in [-0.15, -0.1) is 0 Å². The number of aryl methyl sites for hydroxylation is 1. The topological polar surface area (TPSA) is 15.6 Å². The lowest BCUT2D eigenvalue weighted by Crippen LogP contribution is -2.23. The van der Waals surface area contributed by atoms with Gasteiger partial charge in [-0.3, -0.25) is 4.99 Å². The van der Waals surface area contributed by atoms with Crippen molar-refractivity contribution >= 4 is 17.6 Å². The predicted octanol–water partition coefficient (Wildman–Crippen LogP) is 6.87. The molecule has 0 spiro atoms. The first-order valence-electron chi connectivity index (χ1n) is 9.73. The molecule has 1 rings (SSSR count). The van der Waals surface area contributed by atoms with Crippen LogP contribution in [0.4, 0.5) is 11.4 Å². The van der Waals surface area contributed by atoms with Gasteiger partial charge in [-0.1, -0.05) is 39.8 Å². The highest BCUT2D eigenvalue weighted by atomic mass is 15.1. The Bertz CT molecular complexity index is 611. The molecule has 1 aromatic carbocycles. The van der Waals surface area contributed by atoms with E-state index in [1.165, 1.54) is 29.7 Å². The van der Waals surface area contributed by atoms with E-state index in [4.69, 9.17) is 4.99 Å². The smallest absolute Gasteiger partial charge is 0.0660 e. The van der Waals surface area contributed by atoms with Gasteiger partial charge in [-0.25, -0.2) is 0 Å². The average Bonchev–Trinajstić information content (AvgIpc) is 2.61. The van der Waals surface area contributed by atoms with Crippen LogP contribution in [0.15, 0.2) is 47.0 Å². The van der Waals surface area contributed by atoms with Crippen LogP contribution in [0.2, 0.25) is 0 Å². The molecule has 1 unspecified atom stereocenters. The highest BCUT2D eigenvalue weighted by molar-refractivity contribution is 5.86. The Hall–Kier alpha value is -1.83.